The van der Waals surface area contributed by atoms with Gasteiger partial charge in [0.2, 0.25) is 5.55 Å². The van der Waals surface area contributed by atoms with Gasteiger partial charge in [0.05, 0.1) is 32.2 Å². The number of aliphatic hydroxyl groups is 1. The fraction of sp³-hybridized carbons (Fsp3) is 0.211. The lowest BCUT2D eigenvalue weighted by Crippen LogP contribution is -2.22. The van der Waals surface area contributed by atoms with Crippen LogP contribution in [-0.2, 0) is 6.61 Å². The molecule has 3 aromatic rings. The van der Waals surface area contributed by atoms with E-state index < -0.39 is 5.91 Å². The lowest BCUT2D eigenvalue weighted by molar-refractivity contribution is 0.0996. The van der Waals surface area contributed by atoms with E-state index in [0.717, 1.165) is 0 Å². The zero-order chi connectivity index (χ0) is 19.6. The maximum atomic E-state index is 12.0. The number of methoxy groups -OCH3 is 2. The van der Waals surface area contributed by atoms with Crippen LogP contribution in [0.1, 0.15) is 21.6 Å². The number of amides is 1. The van der Waals surface area contributed by atoms with Crippen molar-refractivity contribution in [3.63, 3.8) is 0 Å². The van der Waals surface area contributed by atoms with E-state index in [1.807, 2.05) is 0 Å². The van der Waals surface area contributed by atoms with Gasteiger partial charge < -0.3 is 24.7 Å². The Morgan fingerprint density at radius 1 is 1.22 bits per heavy atom. The summed E-state index contributed by atoms with van der Waals surface area (Å²) in [6.07, 6.45) is 1.53. The van der Waals surface area contributed by atoms with Crippen LogP contribution in [0.25, 0.3) is 11.0 Å². The molecule has 0 unspecified atom stereocenters. The fourth-order valence-corrected chi connectivity index (χ4v) is 2.65. The molecule has 3 rings (SSSR count). The number of pyridine rings is 1. The average molecular weight is 369 g/mol. The standard InChI is InChI=1S/C19H19N3O5/c1-10-17-15(11(9-23)8-21-10)7-16(18(20)24)19(27-17)22-12-4-13(25-2)6-14(5-12)26-3/h4-8,23H,9H2,1-3H3,(H2,20,24). The Morgan fingerprint density at radius 3 is 2.44 bits per heavy atom. The summed E-state index contributed by atoms with van der Waals surface area (Å²) in [6.45, 7) is 1.51. The molecule has 0 aliphatic rings. The lowest BCUT2D eigenvalue weighted by atomic mass is 10.1. The van der Waals surface area contributed by atoms with E-state index >= 15 is 0 Å². The van der Waals surface area contributed by atoms with Crippen LogP contribution in [0.15, 0.2) is 39.9 Å². The van der Waals surface area contributed by atoms with Crippen molar-refractivity contribution in [3.8, 4) is 11.5 Å². The Kier molecular flexibility index (Phi) is 5.09. The van der Waals surface area contributed by atoms with E-state index in [2.05, 4.69) is 9.98 Å². The van der Waals surface area contributed by atoms with Crippen LogP contribution >= 0.6 is 0 Å². The number of rotatable bonds is 5. The molecule has 8 nitrogen and oxygen atoms in total. The highest BCUT2D eigenvalue weighted by atomic mass is 16.5. The first-order valence-corrected chi connectivity index (χ1v) is 8.07. The molecule has 2 heterocycles. The zero-order valence-electron chi connectivity index (χ0n) is 15.1. The van der Waals surface area contributed by atoms with Gasteiger partial charge in [-0.1, -0.05) is 0 Å². The number of nitrogens with two attached hydrogens (primary N) is 1. The summed E-state index contributed by atoms with van der Waals surface area (Å²) in [5.74, 6) is 0.373. The minimum atomic E-state index is -0.701. The van der Waals surface area contributed by atoms with Crippen molar-refractivity contribution < 1.29 is 23.8 Å². The van der Waals surface area contributed by atoms with Gasteiger partial charge in [-0.25, -0.2) is 4.99 Å². The van der Waals surface area contributed by atoms with Gasteiger partial charge in [0.15, 0.2) is 5.58 Å². The third-order valence-electron chi connectivity index (χ3n) is 4.05. The van der Waals surface area contributed by atoms with E-state index in [9.17, 15) is 9.90 Å². The van der Waals surface area contributed by atoms with Crippen LogP contribution in [0.5, 0.6) is 11.5 Å². The van der Waals surface area contributed by atoms with E-state index in [1.165, 1.54) is 20.4 Å². The second-order valence-electron chi connectivity index (χ2n) is 5.78. The highest BCUT2D eigenvalue weighted by molar-refractivity contribution is 5.96. The number of benzene rings is 1. The summed E-state index contributed by atoms with van der Waals surface area (Å²) in [5.41, 5.74) is 7.63. The fourth-order valence-electron chi connectivity index (χ4n) is 2.65. The Bertz CT molecular complexity index is 1070. The van der Waals surface area contributed by atoms with Crippen molar-refractivity contribution in [2.45, 2.75) is 13.5 Å². The normalized spacial score (nSPS) is 11.6. The minimum absolute atomic E-state index is 0.0327. The molecule has 0 fully saturated rings. The third-order valence-corrected chi connectivity index (χ3v) is 4.05. The summed E-state index contributed by atoms with van der Waals surface area (Å²) in [4.78, 5) is 20.6. The number of aromatic nitrogens is 1. The molecule has 3 N–H and O–H groups in total. The van der Waals surface area contributed by atoms with Crippen molar-refractivity contribution >= 4 is 22.6 Å². The number of carbonyl (C=O) groups is 1. The average Bonchev–Trinajstić information content (AvgIpc) is 2.67. The molecule has 0 spiro atoms. The predicted octanol–water partition coefficient (Wildman–Crippen LogP) is 1.98. The van der Waals surface area contributed by atoms with Crippen molar-refractivity contribution in [1.29, 1.82) is 0 Å². The van der Waals surface area contributed by atoms with Gasteiger partial charge in [0.25, 0.3) is 5.91 Å². The number of fused-ring (bicyclic) bond motifs is 1. The molecular weight excluding hydrogens is 350 g/mol. The van der Waals surface area contributed by atoms with Gasteiger partial charge >= 0.3 is 0 Å². The molecule has 0 aliphatic carbocycles. The largest absolute Gasteiger partial charge is 0.497 e. The van der Waals surface area contributed by atoms with Gasteiger partial charge in [0.1, 0.15) is 17.1 Å². The van der Waals surface area contributed by atoms with Crippen molar-refractivity contribution in [3.05, 3.63) is 52.8 Å². The zero-order valence-corrected chi connectivity index (χ0v) is 15.1. The van der Waals surface area contributed by atoms with Crippen LogP contribution < -0.4 is 20.8 Å². The first-order chi connectivity index (χ1) is 13.0. The Morgan fingerprint density at radius 2 is 1.89 bits per heavy atom. The van der Waals surface area contributed by atoms with Crippen molar-refractivity contribution in [2.75, 3.05) is 14.2 Å². The van der Waals surface area contributed by atoms with Crippen LogP contribution in [0, 0.1) is 6.92 Å². The summed E-state index contributed by atoms with van der Waals surface area (Å²) in [6, 6.07) is 6.59. The predicted molar refractivity (Wildman–Crippen MR) is 98.0 cm³/mol. The topological polar surface area (TPSA) is 120 Å². The first kappa shape index (κ1) is 18.4. The van der Waals surface area contributed by atoms with Crippen LogP contribution in [0.3, 0.4) is 0 Å². The molecule has 140 valence electrons. The number of aliphatic hydroxyl groups excluding tert-OH is 1. The monoisotopic (exact) mass is 369 g/mol. The highest BCUT2D eigenvalue weighted by Crippen LogP contribution is 2.28. The molecule has 1 aromatic carbocycles. The molecule has 1 amide bonds. The molecule has 0 bridgehead atoms. The quantitative estimate of drug-likeness (QED) is 0.709. The SMILES string of the molecule is COc1cc(N=c2oc3c(C)ncc(CO)c3cc2C(N)=O)cc(OC)c1. The molecule has 0 radical (unpaired) electrons. The Labute approximate surface area is 154 Å². The molecular formula is C19H19N3O5. The van der Waals surface area contributed by atoms with E-state index in [0.29, 0.717) is 39.4 Å². The lowest BCUT2D eigenvalue weighted by Gasteiger charge is -2.08. The summed E-state index contributed by atoms with van der Waals surface area (Å²) in [5, 5.41) is 10.1. The maximum absolute atomic E-state index is 12.0. The second-order valence-corrected chi connectivity index (χ2v) is 5.78. The number of carbonyl (C=O) groups excluding carboxylic acids is 1. The van der Waals surface area contributed by atoms with Crippen LogP contribution in [-0.4, -0.2) is 30.2 Å². The van der Waals surface area contributed by atoms with Gasteiger partial charge in [-0.15, -0.1) is 0 Å². The molecule has 0 saturated heterocycles. The van der Waals surface area contributed by atoms with E-state index in [4.69, 9.17) is 19.6 Å². The Balaban J connectivity index is 2.33. The second kappa shape index (κ2) is 7.46. The first-order valence-electron chi connectivity index (χ1n) is 8.07. The van der Waals surface area contributed by atoms with Crippen LogP contribution in [0.2, 0.25) is 0 Å². The molecule has 0 aliphatic heterocycles. The number of hydrogen-bond donors (Lipinski definition) is 2. The van der Waals surface area contributed by atoms with Crippen LogP contribution in [0.4, 0.5) is 5.69 Å². The molecule has 0 saturated carbocycles. The van der Waals surface area contributed by atoms with E-state index in [1.54, 1.807) is 31.2 Å². The van der Waals surface area contributed by atoms with E-state index in [-0.39, 0.29) is 17.7 Å². The van der Waals surface area contributed by atoms with Gasteiger partial charge in [0, 0.05) is 35.3 Å². The number of nitrogens with zero attached hydrogens (tertiary/aromatic N) is 2. The number of aryl methyl sites for hydroxylation is 1. The summed E-state index contributed by atoms with van der Waals surface area (Å²) < 4.78 is 16.3. The maximum Gasteiger partial charge on any atom is 0.254 e. The number of hydrogen-bond acceptors (Lipinski definition) is 7. The molecule has 2 aromatic heterocycles. The summed E-state index contributed by atoms with van der Waals surface area (Å²) in [7, 11) is 3.05. The van der Waals surface area contributed by atoms with Gasteiger partial charge in [-0.05, 0) is 13.0 Å². The Hall–Kier alpha value is -3.39. The molecule has 27 heavy (non-hydrogen) atoms. The molecule has 0 atom stereocenters. The summed E-state index contributed by atoms with van der Waals surface area (Å²) >= 11 is 0. The number of primary amides is 1. The smallest absolute Gasteiger partial charge is 0.254 e. The number of ether oxygens (including phenoxy) is 2. The van der Waals surface area contributed by atoms with Crippen molar-refractivity contribution in [2.24, 2.45) is 10.7 Å². The molecule has 8 heteroatoms. The minimum Gasteiger partial charge on any atom is -0.497 e. The highest BCUT2D eigenvalue weighted by Gasteiger charge is 2.14. The van der Waals surface area contributed by atoms with Crippen molar-refractivity contribution in [1.82, 2.24) is 4.98 Å². The van der Waals surface area contributed by atoms with Gasteiger partial charge in [-0.2, -0.15) is 0 Å². The third kappa shape index (κ3) is 3.61. The van der Waals surface area contributed by atoms with Gasteiger partial charge in [-0.3, -0.25) is 9.78 Å².